The summed E-state index contributed by atoms with van der Waals surface area (Å²) in [5.41, 5.74) is 2.18. The molecule has 37 heavy (non-hydrogen) atoms. The number of aliphatic hydroxyl groups is 1. The third-order valence-corrected chi connectivity index (χ3v) is 7.21. The topological polar surface area (TPSA) is 84.8 Å². The fraction of sp³-hybridized carbons (Fsp3) is 0.586. The molecule has 0 spiro atoms. The molecule has 0 aliphatic carbocycles. The van der Waals surface area contributed by atoms with Gasteiger partial charge in [-0.3, -0.25) is 0 Å². The Kier molecular flexibility index (Phi) is 8.28. The molecule has 3 saturated heterocycles. The van der Waals surface area contributed by atoms with E-state index in [1.54, 1.807) is 0 Å². The molecule has 0 radical (unpaired) electrons. The third kappa shape index (κ3) is 6.24. The van der Waals surface area contributed by atoms with Crippen LogP contribution >= 0.6 is 0 Å². The number of benzene rings is 2. The van der Waals surface area contributed by atoms with E-state index in [4.69, 9.17) is 33.2 Å². The maximum Gasteiger partial charge on any atom is 0.184 e. The molecule has 3 aliphatic rings. The van der Waals surface area contributed by atoms with Gasteiger partial charge in [0.15, 0.2) is 18.4 Å². The van der Waals surface area contributed by atoms with Crippen molar-refractivity contribution in [3.05, 3.63) is 71.8 Å². The molecule has 3 aliphatic heterocycles. The number of rotatable bonds is 8. The predicted octanol–water partition coefficient (Wildman–Crippen LogP) is 3.79. The highest BCUT2D eigenvalue weighted by Gasteiger charge is 2.56. The quantitative estimate of drug-likeness (QED) is 0.570. The monoisotopic (exact) mass is 514 g/mol. The van der Waals surface area contributed by atoms with Gasteiger partial charge >= 0.3 is 0 Å². The van der Waals surface area contributed by atoms with Crippen molar-refractivity contribution in [2.45, 2.75) is 95.9 Å². The van der Waals surface area contributed by atoms with E-state index < -0.39 is 42.8 Å². The zero-order valence-corrected chi connectivity index (χ0v) is 21.9. The second-order valence-corrected chi connectivity index (χ2v) is 10.6. The van der Waals surface area contributed by atoms with Gasteiger partial charge in [-0.05, 0) is 31.9 Å². The van der Waals surface area contributed by atoms with Gasteiger partial charge < -0.3 is 38.3 Å². The van der Waals surface area contributed by atoms with Crippen LogP contribution in [0.2, 0.25) is 0 Å². The van der Waals surface area contributed by atoms with Crippen LogP contribution in [0.25, 0.3) is 0 Å². The number of fused-ring (bicyclic) bond motifs is 1. The van der Waals surface area contributed by atoms with Crippen molar-refractivity contribution >= 4 is 0 Å². The molecule has 2 aromatic rings. The van der Waals surface area contributed by atoms with Gasteiger partial charge in [0.2, 0.25) is 0 Å². The van der Waals surface area contributed by atoms with Crippen LogP contribution in [0.1, 0.15) is 38.8 Å². The molecule has 8 nitrogen and oxygen atoms in total. The Labute approximate surface area is 218 Å². The fourth-order valence-electron chi connectivity index (χ4n) is 5.32. The van der Waals surface area contributed by atoms with Crippen LogP contribution in [-0.2, 0) is 46.4 Å². The maximum atomic E-state index is 10.4. The zero-order valence-electron chi connectivity index (χ0n) is 21.9. The molecule has 2 aromatic carbocycles. The zero-order chi connectivity index (χ0) is 26.0. The number of aliphatic hydroxyl groups excluding tert-OH is 1. The summed E-state index contributed by atoms with van der Waals surface area (Å²) in [5, 5.41) is 10.4. The van der Waals surface area contributed by atoms with Crippen LogP contribution < -0.4 is 0 Å². The van der Waals surface area contributed by atoms with E-state index >= 15 is 0 Å². The number of hydrogen-bond donors (Lipinski definition) is 1. The molecular weight excluding hydrogens is 476 g/mol. The Bertz CT molecular complexity index is 986. The lowest BCUT2D eigenvalue weighted by atomic mass is 9.95. The summed E-state index contributed by atoms with van der Waals surface area (Å²) in [6.07, 6.45) is -4.21. The molecule has 0 aromatic heterocycles. The van der Waals surface area contributed by atoms with Gasteiger partial charge in [-0.25, -0.2) is 0 Å². The Morgan fingerprint density at radius 1 is 0.838 bits per heavy atom. The first-order chi connectivity index (χ1) is 17.8. The Hall–Kier alpha value is -1.88. The average Bonchev–Trinajstić information content (AvgIpc) is 3.22. The fourth-order valence-corrected chi connectivity index (χ4v) is 5.32. The van der Waals surface area contributed by atoms with E-state index in [9.17, 15) is 5.11 Å². The minimum Gasteiger partial charge on any atom is -0.370 e. The summed E-state index contributed by atoms with van der Waals surface area (Å²) in [6.45, 7) is 8.80. The lowest BCUT2D eigenvalue weighted by Gasteiger charge is -2.45. The first-order valence-electron chi connectivity index (χ1n) is 13.1. The van der Waals surface area contributed by atoms with Gasteiger partial charge in [0.25, 0.3) is 0 Å². The van der Waals surface area contributed by atoms with Gasteiger partial charge in [0.1, 0.15) is 24.4 Å². The van der Waals surface area contributed by atoms with Gasteiger partial charge in [0, 0.05) is 5.92 Å². The summed E-state index contributed by atoms with van der Waals surface area (Å²) in [5.74, 6) is -0.992. The molecule has 5 rings (SSSR count). The van der Waals surface area contributed by atoms with Crippen LogP contribution in [0, 0.1) is 5.92 Å². The smallest absolute Gasteiger partial charge is 0.184 e. The van der Waals surface area contributed by atoms with Crippen LogP contribution in [0.5, 0.6) is 0 Å². The van der Waals surface area contributed by atoms with E-state index in [0.717, 1.165) is 11.1 Å². The van der Waals surface area contributed by atoms with E-state index in [0.29, 0.717) is 19.8 Å². The summed E-state index contributed by atoms with van der Waals surface area (Å²) >= 11 is 0. The molecule has 9 atom stereocenters. The molecule has 202 valence electrons. The van der Waals surface area contributed by atoms with Gasteiger partial charge in [-0.2, -0.15) is 0 Å². The standard InChI is InChI=1S/C29H38O8/c1-18-23(32-16-21-13-9-6-10-14-21)22(31-15-20-11-7-5-8-12-20)17-33-28(18)35-24-19(2)34-27(30)26-25(24)36-29(3,4)37-26/h5-14,18-19,22-28,30H,15-17H2,1-4H3/t18?,19-,22-,23?,24+,25?,26?,27-,28+/m1/s1. The molecule has 0 amide bonds. The lowest BCUT2D eigenvalue weighted by Crippen LogP contribution is -2.59. The predicted molar refractivity (Wildman–Crippen MR) is 134 cm³/mol. The van der Waals surface area contributed by atoms with Gasteiger partial charge in [-0.15, -0.1) is 0 Å². The minimum absolute atomic E-state index is 0.147. The van der Waals surface area contributed by atoms with E-state index in [1.807, 2.05) is 81.4 Å². The molecular formula is C29H38O8. The molecule has 0 bridgehead atoms. The van der Waals surface area contributed by atoms with Crippen molar-refractivity contribution in [1.29, 1.82) is 0 Å². The van der Waals surface area contributed by atoms with Crippen molar-refractivity contribution in [2.75, 3.05) is 6.61 Å². The second kappa shape index (κ2) is 11.5. The van der Waals surface area contributed by atoms with Crippen LogP contribution in [0.3, 0.4) is 0 Å². The maximum absolute atomic E-state index is 10.4. The van der Waals surface area contributed by atoms with E-state index in [1.165, 1.54) is 0 Å². The largest absolute Gasteiger partial charge is 0.370 e. The number of ether oxygens (including phenoxy) is 7. The normalized spacial score (nSPS) is 37.3. The highest BCUT2D eigenvalue weighted by Crippen LogP contribution is 2.39. The van der Waals surface area contributed by atoms with Gasteiger partial charge in [0.05, 0.1) is 32.0 Å². The summed E-state index contributed by atoms with van der Waals surface area (Å²) in [6, 6.07) is 20.2. The first-order valence-corrected chi connectivity index (χ1v) is 13.1. The van der Waals surface area contributed by atoms with Crippen molar-refractivity contribution in [2.24, 2.45) is 5.92 Å². The van der Waals surface area contributed by atoms with Crippen molar-refractivity contribution < 1.29 is 38.3 Å². The average molecular weight is 515 g/mol. The summed E-state index contributed by atoms with van der Waals surface area (Å²) < 4.78 is 43.2. The highest BCUT2D eigenvalue weighted by atomic mass is 16.8. The van der Waals surface area contributed by atoms with Crippen molar-refractivity contribution in [3.8, 4) is 0 Å². The highest BCUT2D eigenvalue weighted by molar-refractivity contribution is 5.14. The Morgan fingerprint density at radius 3 is 2.08 bits per heavy atom. The molecule has 1 N–H and O–H groups in total. The summed E-state index contributed by atoms with van der Waals surface area (Å²) in [7, 11) is 0. The molecule has 8 heteroatoms. The SMILES string of the molecule is CC1C(OCc2ccccc2)[C@H](OCc2ccccc2)CO[C@H]1O[C@@H]1C2OC(C)(C)OC2[C@H](O)O[C@@H]1C. The number of hydrogen-bond acceptors (Lipinski definition) is 8. The second-order valence-electron chi connectivity index (χ2n) is 10.6. The van der Waals surface area contributed by atoms with Crippen LogP contribution in [0.4, 0.5) is 0 Å². The third-order valence-electron chi connectivity index (χ3n) is 7.21. The van der Waals surface area contributed by atoms with Crippen LogP contribution in [-0.4, -0.2) is 66.7 Å². The Balaban J connectivity index is 1.29. The first kappa shape index (κ1) is 26.7. The van der Waals surface area contributed by atoms with Gasteiger partial charge in [-0.1, -0.05) is 67.6 Å². The minimum atomic E-state index is -1.08. The van der Waals surface area contributed by atoms with Crippen molar-refractivity contribution in [1.82, 2.24) is 0 Å². The van der Waals surface area contributed by atoms with Crippen molar-refractivity contribution in [3.63, 3.8) is 0 Å². The molecule has 3 heterocycles. The molecule has 0 saturated carbocycles. The van der Waals surface area contributed by atoms with Crippen LogP contribution in [0.15, 0.2) is 60.7 Å². The molecule has 3 fully saturated rings. The molecule has 4 unspecified atom stereocenters. The summed E-state index contributed by atoms with van der Waals surface area (Å²) in [4.78, 5) is 0. The lowest BCUT2D eigenvalue weighted by molar-refractivity contribution is -0.322. The van der Waals surface area contributed by atoms with E-state index in [-0.39, 0.29) is 18.1 Å². The Morgan fingerprint density at radius 2 is 1.43 bits per heavy atom. The van der Waals surface area contributed by atoms with E-state index in [2.05, 4.69) is 6.92 Å².